The van der Waals surface area contributed by atoms with Crippen LogP contribution in [0.3, 0.4) is 0 Å². The lowest BCUT2D eigenvalue weighted by Gasteiger charge is -2.03. The molecule has 0 spiro atoms. The summed E-state index contributed by atoms with van der Waals surface area (Å²) in [6.45, 7) is 3.17. The van der Waals surface area contributed by atoms with E-state index in [1.54, 1.807) is 12.1 Å². The second-order valence-electron chi connectivity index (χ2n) is 4.15. The molecule has 0 fully saturated rings. The Morgan fingerprint density at radius 1 is 1.32 bits per heavy atom. The topological polar surface area (TPSA) is 64.4 Å². The minimum Gasteiger partial charge on any atom is -0.465 e. The number of ether oxygens (including phenoxy) is 1. The average molecular weight is 260 g/mol. The summed E-state index contributed by atoms with van der Waals surface area (Å²) in [5.41, 5.74) is 1.31. The zero-order chi connectivity index (χ0) is 13.7. The molecule has 5 heteroatoms. The largest absolute Gasteiger partial charge is 0.465 e. The van der Waals surface area contributed by atoms with Gasteiger partial charge in [0.2, 0.25) is 0 Å². The van der Waals surface area contributed by atoms with Gasteiger partial charge in [-0.15, -0.1) is 0 Å². The molecule has 0 aliphatic rings. The molecule has 0 aromatic carbocycles. The van der Waals surface area contributed by atoms with E-state index in [4.69, 9.17) is 4.42 Å². The number of nitrogens with one attached hydrogen (secondary N) is 1. The quantitative estimate of drug-likeness (QED) is 0.834. The fraction of sp³-hybridized carbons (Fsp3) is 0.286. The molecular formula is C14H16N2O3. The molecule has 0 saturated carbocycles. The Balaban J connectivity index is 1.84. The standard InChI is InChI=1S/C14H16N2O3/c1-10-3-6-13(19-10)9-15-8-12-5-4-11(7-16-12)14(17)18-2/h3-7,15H,8-9H2,1-2H3. The third-order valence-corrected chi connectivity index (χ3v) is 2.65. The van der Waals surface area contributed by atoms with Crippen LogP contribution in [0.2, 0.25) is 0 Å². The van der Waals surface area contributed by atoms with Gasteiger partial charge < -0.3 is 14.5 Å². The van der Waals surface area contributed by atoms with Crippen molar-refractivity contribution in [1.29, 1.82) is 0 Å². The van der Waals surface area contributed by atoms with Crippen LogP contribution in [0.1, 0.15) is 27.6 Å². The van der Waals surface area contributed by atoms with Gasteiger partial charge in [-0.25, -0.2) is 4.79 Å². The Bertz CT molecular complexity index is 546. The van der Waals surface area contributed by atoms with Crippen LogP contribution in [0.5, 0.6) is 0 Å². The molecule has 2 heterocycles. The van der Waals surface area contributed by atoms with Gasteiger partial charge in [-0.1, -0.05) is 0 Å². The van der Waals surface area contributed by atoms with Gasteiger partial charge in [-0.2, -0.15) is 0 Å². The molecule has 19 heavy (non-hydrogen) atoms. The maximum absolute atomic E-state index is 11.2. The van der Waals surface area contributed by atoms with Gasteiger partial charge in [0.1, 0.15) is 11.5 Å². The summed E-state index contributed by atoms with van der Waals surface area (Å²) >= 11 is 0. The maximum atomic E-state index is 11.2. The van der Waals surface area contributed by atoms with Crippen molar-refractivity contribution in [3.63, 3.8) is 0 Å². The van der Waals surface area contributed by atoms with Gasteiger partial charge in [-0.3, -0.25) is 4.98 Å². The van der Waals surface area contributed by atoms with Crippen LogP contribution in [0, 0.1) is 6.92 Å². The van der Waals surface area contributed by atoms with Gasteiger partial charge in [0, 0.05) is 12.7 Å². The number of rotatable bonds is 5. The number of methoxy groups -OCH3 is 1. The first-order valence-electron chi connectivity index (χ1n) is 5.98. The van der Waals surface area contributed by atoms with Crippen LogP contribution in [0.4, 0.5) is 0 Å². The molecule has 2 rings (SSSR count). The third kappa shape index (κ3) is 3.66. The molecule has 2 aromatic rings. The Morgan fingerprint density at radius 3 is 2.74 bits per heavy atom. The van der Waals surface area contributed by atoms with E-state index in [0.29, 0.717) is 18.7 Å². The first kappa shape index (κ1) is 13.3. The molecule has 0 saturated heterocycles. The summed E-state index contributed by atoms with van der Waals surface area (Å²) in [5.74, 6) is 1.42. The lowest BCUT2D eigenvalue weighted by atomic mass is 10.2. The van der Waals surface area contributed by atoms with Crippen LogP contribution in [-0.2, 0) is 17.8 Å². The number of esters is 1. The molecule has 0 aliphatic heterocycles. The van der Waals surface area contributed by atoms with Gasteiger partial charge in [0.25, 0.3) is 0 Å². The third-order valence-electron chi connectivity index (χ3n) is 2.65. The van der Waals surface area contributed by atoms with Crippen LogP contribution < -0.4 is 5.32 Å². The van der Waals surface area contributed by atoms with Gasteiger partial charge in [0.05, 0.1) is 24.9 Å². The zero-order valence-electron chi connectivity index (χ0n) is 11.0. The second kappa shape index (κ2) is 6.15. The van der Waals surface area contributed by atoms with Crippen molar-refractivity contribution < 1.29 is 13.9 Å². The number of aromatic nitrogens is 1. The normalized spacial score (nSPS) is 10.4. The summed E-state index contributed by atoms with van der Waals surface area (Å²) in [6.07, 6.45) is 1.51. The molecular weight excluding hydrogens is 244 g/mol. The molecule has 0 unspecified atom stereocenters. The molecule has 2 aromatic heterocycles. The van der Waals surface area contributed by atoms with Crippen molar-refractivity contribution >= 4 is 5.97 Å². The molecule has 5 nitrogen and oxygen atoms in total. The first-order valence-corrected chi connectivity index (χ1v) is 5.98. The lowest BCUT2D eigenvalue weighted by Crippen LogP contribution is -2.13. The van der Waals surface area contributed by atoms with Crippen molar-refractivity contribution in [2.24, 2.45) is 0 Å². The van der Waals surface area contributed by atoms with Gasteiger partial charge in [-0.05, 0) is 31.2 Å². The van der Waals surface area contributed by atoms with Gasteiger partial charge in [0.15, 0.2) is 0 Å². The second-order valence-corrected chi connectivity index (χ2v) is 4.15. The van der Waals surface area contributed by atoms with Gasteiger partial charge >= 0.3 is 5.97 Å². The molecule has 0 bridgehead atoms. The smallest absolute Gasteiger partial charge is 0.339 e. The van der Waals surface area contributed by atoms with E-state index < -0.39 is 0 Å². The predicted molar refractivity (Wildman–Crippen MR) is 69.6 cm³/mol. The van der Waals surface area contributed by atoms with Crippen LogP contribution in [0.25, 0.3) is 0 Å². The number of carbonyl (C=O) groups excluding carboxylic acids is 1. The summed E-state index contributed by atoms with van der Waals surface area (Å²) in [7, 11) is 1.35. The number of carbonyl (C=O) groups is 1. The Morgan fingerprint density at radius 2 is 2.16 bits per heavy atom. The van der Waals surface area contributed by atoms with Crippen LogP contribution >= 0.6 is 0 Å². The van der Waals surface area contributed by atoms with E-state index in [1.165, 1.54) is 13.3 Å². The summed E-state index contributed by atoms with van der Waals surface area (Å²) < 4.78 is 10.1. The highest BCUT2D eigenvalue weighted by Gasteiger charge is 2.05. The highest BCUT2D eigenvalue weighted by Crippen LogP contribution is 2.06. The average Bonchev–Trinajstić information content (AvgIpc) is 2.84. The van der Waals surface area contributed by atoms with Crippen molar-refractivity contribution in [1.82, 2.24) is 10.3 Å². The van der Waals surface area contributed by atoms with Crippen LogP contribution in [0.15, 0.2) is 34.9 Å². The maximum Gasteiger partial charge on any atom is 0.339 e. The number of pyridine rings is 1. The van der Waals surface area contributed by atoms with E-state index in [-0.39, 0.29) is 5.97 Å². The fourth-order valence-electron chi connectivity index (χ4n) is 1.66. The predicted octanol–water partition coefficient (Wildman–Crippen LogP) is 2.06. The van der Waals surface area contributed by atoms with Crippen molar-refractivity contribution in [3.8, 4) is 0 Å². The Labute approximate surface area is 111 Å². The minimum atomic E-state index is -0.377. The van der Waals surface area contributed by atoms with E-state index in [9.17, 15) is 4.79 Å². The summed E-state index contributed by atoms with van der Waals surface area (Å²) in [5, 5.41) is 3.22. The number of hydrogen-bond donors (Lipinski definition) is 1. The van der Waals surface area contributed by atoms with E-state index in [2.05, 4.69) is 15.0 Å². The molecule has 1 N–H and O–H groups in total. The number of hydrogen-bond acceptors (Lipinski definition) is 5. The molecule has 0 aliphatic carbocycles. The summed E-state index contributed by atoms with van der Waals surface area (Å²) in [6, 6.07) is 7.37. The number of aryl methyl sites for hydroxylation is 1. The number of nitrogens with zero attached hydrogens (tertiary/aromatic N) is 1. The zero-order valence-corrected chi connectivity index (χ0v) is 11.0. The highest BCUT2D eigenvalue weighted by atomic mass is 16.5. The molecule has 100 valence electrons. The highest BCUT2D eigenvalue weighted by molar-refractivity contribution is 5.88. The monoisotopic (exact) mass is 260 g/mol. The molecule has 0 amide bonds. The molecule has 0 atom stereocenters. The molecule has 0 radical (unpaired) electrons. The minimum absolute atomic E-state index is 0.377. The van der Waals surface area contributed by atoms with E-state index in [1.807, 2.05) is 19.1 Å². The Kier molecular flexibility index (Phi) is 4.30. The van der Waals surface area contributed by atoms with Crippen molar-refractivity contribution in [3.05, 3.63) is 53.2 Å². The fourth-order valence-corrected chi connectivity index (χ4v) is 1.66. The lowest BCUT2D eigenvalue weighted by molar-refractivity contribution is 0.0600. The van der Waals surface area contributed by atoms with E-state index >= 15 is 0 Å². The van der Waals surface area contributed by atoms with Crippen molar-refractivity contribution in [2.75, 3.05) is 7.11 Å². The SMILES string of the molecule is COC(=O)c1ccc(CNCc2ccc(C)o2)nc1. The summed E-state index contributed by atoms with van der Waals surface area (Å²) in [4.78, 5) is 15.4. The van der Waals surface area contributed by atoms with E-state index in [0.717, 1.165) is 17.2 Å². The van der Waals surface area contributed by atoms with Crippen LogP contribution in [-0.4, -0.2) is 18.1 Å². The number of furan rings is 1. The Hall–Kier alpha value is -2.14. The first-order chi connectivity index (χ1) is 9.19. The van der Waals surface area contributed by atoms with Crippen molar-refractivity contribution in [2.45, 2.75) is 20.0 Å².